The first-order valence-corrected chi connectivity index (χ1v) is 7.41. The first-order valence-electron chi connectivity index (χ1n) is 5.91. The average molecular weight is 306 g/mol. The van der Waals surface area contributed by atoms with Crippen LogP contribution in [-0.2, 0) is 18.3 Å². The molecule has 1 aromatic heterocycles. The minimum absolute atomic E-state index is 0.115. The monoisotopic (exact) mass is 306 g/mol. The van der Waals surface area contributed by atoms with Gasteiger partial charge in [0.15, 0.2) is 0 Å². The fraction of sp³-hybridized carbons (Fsp3) is 0.600. The second kappa shape index (κ2) is 6.02. The molecule has 1 aromatic rings. The third-order valence-corrected chi connectivity index (χ3v) is 3.84. The largest absolute Gasteiger partial charge is 0.472 e. The van der Waals surface area contributed by atoms with Crippen molar-refractivity contribution in [3.05, 3.63) is 33.1 Å². The molecule has 0 aliphatic carbocycles. The fourth-order valence-electron chi connectivity index (χ4n) is 1.90. The van der Waals surface area contributed by atoms with E-state index in [1.807, 2.05) is 0 Å². The first kappa shape index (κ1) is 15.1. The van der Waals surface area contributed by atoms with E-state index in [0.29, 0.717) is 12.8 Å². The number of hydrogen-bond acceptors (Lipinski definition) is 6. The van der Waals surface area contributed by atoms with Gasteiger partial charge in [-0.1, -0.05) is 0 Å². The molecule has 1 aliphatic heterocycles. The van der Waals surface area contributed by atoms with Crippen molar-refractivity contribution in [2.24, 2.45) is 0 Å². The second-order valence-corrected chi connectivity index (χ2v) is 5.81. The van der Waals surface area contributed by atoms with Crippen molar-refractivity contribution in [3.63, 3.8) is 0 Å². The van der Waals surface area contributed by atoms with E-state index in [1.54, 1.807) is 0 Å². The molecule has 0 amide bonds. The number of rotatable bonds is 5. The van der Waals surface area contributed by atoms with Crippen LogP contribution in [0.4, 0.5) is 0 Å². The van der Waals surface area contributed by atoms with Gasteiger partial charge in [-0.15, -0.1) is 0 Å². The lowest BCUT2D eigenvalue weighted by atomic mass is 10.2. The van der Waals surface area contributed by atoms with Crippen molar-refractivity contribution >= 4 is 7.82 Å². The van der Waals surface area contributed by atoms with Gasteiger partial charge in [0.25, 0.3) is 5.56 Å². The summed E-state index contributed by atoms with van der Waals surface area (Å²) in [4.78, 5) is 33.8. The molecule has 1 fully saturated rings. The maximum absolute atomic E-state index is 11.6. The molecule has 0 bridgehead atoms. The molecular formula is C10H15N2O7P. The van der Waals surface area contributed by atoms with E-state index >= 15 is 0 Å². The predicted molar refractivity (Wildman–Crippen MR) is 67.3 cm³/mol. The normalized spacial score (nSPS) is 25.5. The summed E-state index contributed by atoms with van der Waals surface area (Å²) in [6, 6.07) is 1.22. The molecule has 0 saturated carbocycles. The number of ether oxygens (including phenoxy) is 1. The van der Waals surface area contributed by atoms with Crippen LogP contribution in [0.15, 0.2) is 21.9 Å². The molecule has 1 aliphatic rings. The molecule has 0 aromatic carbocycles. The van der Waals surface area contributed by atoms with Gasteiger partial charge in [0.05, 0.1) is 12.7 Å². The highest BCUT2D eigenvalue weighted by atomic mass is 31.2. The number of phosphoric ester groups is 1. The van der Waals surface area contributed by atoms with Gasteiger partial charge in [-0.2, -0.15) is 0 Å². The van der Waals surface area contributed by atoms with Gasteiger partial charge >= 0.3 is 13.5 Å². The Labute approximate surface area is 113 Å². The van der Waals surface area contributed by atoms with E-state index in [9.17, 15) is 14.2 Å². The van der Waals surface area contributed by atoms with Crippen LogP contribution in [0.25, 0.3) is 0 Å². The van der Waals surface area contributed by atoms with Crippen LogP contribution in [0.1, 0.15) is 19.1 Å². The Hall–Kier alpha value is -1.25. The molecule has 0 radical (unpaired) electrons. The lowest BCUT2D eigenvalue weighted by molar-refractivity contribution is -0.0251. The van der Waals surface area contributed by atoms with Gasteiger partial charge in [-0.25, -0.2) is 9.36 Å². The molecule has 0 spiro atoms. The summed E-state index contributed by atoms with van der Waals surface area (Å²) < 4.78 is 26.9. The van der Waals surface area contributed by atoms with Crippen LogP contribution >= 0.6 is 7.82 Å². The number of aromatic amines is 1. The number of H-pyrrole nitrogens is 1. The maximum atomic E-state index is 11.6. The lowest BCUT2D eigenvalue weighted by Gasteiger charge is -2.16. The molecule has 2 rings (SSSR count). The summed E-state index contributed by atoms with van der Waals surface area (Å²) in [7, 11) is -2.96. The summed E-state index contributed by atoms with van der Waals surface area (Å²) in [5.74, 6) is 0. The van der Waals surface area contributed by atoms with Crippen molar-refractivity contribution in [3.8, 4) is 0 Å². The molecular weight excluding hydrogens is 291 g/mol. The molecule has 2 heterocycles. The SMILES string of the molecule is COP(=O)(O)OC[C@@H]1CC[C@H](n2ccc(=O)[nH]c2=O)O1. The minimum Gasteiger partial charge on any atom is -0.352 e. The van der Waals surface area contributed by atoms with Crippen LogP contribution in [0.2, 0.25) is 0 Å². The zero-order valence-corrected chi connectivity index (χ0v) is 11.6. The van der Waals surface area contributed by atoms with Gasteiger partial charge in [-0.3, -0.25) is 23.4 Å². The van der Waals surface area contributed by atoms with E-state index < -0.39 is 31.4 Å². The Morgan fingerprint density at radius 2 is 2.30 bits per heavy atom. The van der Waals surface area contributed by atoms with E-state index in [2.05, 4.69) is 9.51 Å². The van der Waals surface area contributed by atoms with Crippen LogP contribution in [0, 0.1) is 0 Å². The third kappa shape index (κ3) is 3.65. The molecule has 3 atom stereocenters. The Bertz CT molecular complexity index is 625. The first-order chi connectivity index (χ1) is 9.41. The molecule has 2 N–H and O–H groups in total. The van der Waals surface area contributed by atoms with Crippen molar-refractivity contribution in [2.45, 2.75) is 25.2 Å². The van der Waals surface area contributed by atoms with Crippen molar-refractivity contribution in [1.82, 2.24) is 9.55 Å². The van der Waals surface area contributed by atoms with E-state index in [-0.39, 0.29) is 6.61 Å². The molecule has 10 heteroatoms. The van der Waals surface area contributed by atoms with Crippen LogP contribution < -0.4 is 11.2 Å². The molecule has 20 heavy (non-hydrogen) atoms. The lowest BCUT2D eigenvalue weighted by Crippen LogP contribution is -2.31. The summed E-state index contributed by atoms with van der Waals surface area (Å²) in [5.41, 5.74) is -1.04. The quantitative estimate of drug-likeness (QED) is 0.733. The van der Waals surface area contributed by atoms with Crippen LogP contribution in [-0.4, -0.2) is 34.3 Å². The third-order valence-electron chi connectivity index (χ3n) is 2.90. The van der Waals surface area contributed by atoms with Crippen molar-refractivity contribution in [1.29, 1.82) is 0 Å². The zero-order chi connectivity index (χ0) is 14.8. The van der Waals surface area contributed by atoms with E-state index in [0.717, 1.165) is 7.11 Å². The Morgan fingerprint density at radius 3 is 2.95 bits per heavy atom. The number of nitrogens with one attached hydrogen (secondary N) is 1. The van der Waals surface area contributed by atoms with Gasteiger partial charge in [-0.05, 0) is 12.8 Å². The molecule has 1 saturated heterocycles. The number of phosphoric acid groups is 1. The van der Waals surface area contributed by atoms with Crippen molar-refractivity contribution in [2.75, 3.05) is 13.7 Å². The Kier molecular flexibility index (Phi) is 4.56. The average Bonchev–Trinajstić information content (AvgIpc) is 2.85. The Morgan fingerprint density at radius 1 is 1.55 bits per heavy atom. The summed E-state index contributed by atoms with van der Waals surface area (Å²) >= 11 is 0. The zero-order valence-electron chi connectivity index (χ0n) is 10.7. The smallest absolute Gasteiger partial charge is 0.352 e. The predicted octanol–water partition coefficient (Wildman–Crippen LogP) is -0.0224. The molecule has 1 unspecified atom stereocenters. The summed E-state index contributed by atoms with van der Waals surface area (Å²) in [6.07, 6.45) is 1.48. The van der Waals surface area contributed by atoms with Gasteiger partial charge in [0.1, 0.15) is 6.23 Å². The molecule has 112 valence electrons. The fourth-order valence-corrected chi connectivity index (χ4v) is 2.36. The topological polar surface area (TPSA) is 120 Å². The number of hydrogen-bond donors (Lipinski definition) is 2. The minimum atomic E-state index is -4.03. The number of nitrogens with zero attached hydrogens (tertiary/aromatic N) is 1. The highest BCUT2D eigenvalue weighted by molar-refractivity contribution is 7.47. The van der Waals surface area contributed by atoms with Crippen molar-refractivity contribution < 1.29 is 23.2 Å². The van der Waals surface area contributed by atoms with E-state index in [4.69, 9.17) is 14.2 Å². The highest BCUT2D eigenvalue weighted by Crippen LogP contribution is 2.43. The highest BCUT2D eigenvalue weighted by Gasteiger charge is 2.30. The van der Waals surface area contributed by atoms with Gasteiger partial charge in [0, 0.05) is 19.4 Å². The van der Waals surface area contributed by atoms with Crippen LogP contribution in [0.5, 0.6) is 0 Å². The standard InChI is InChI=1S/C10H15N2O7P/c1-17-20(15,16)18-6-7-2-3-9(19-7)12-5-4-8(13)11-10(12)14/h4-5,7,9H,2-3,6H2,1H3,(H,15,16)(H,11,13,14)/t7-,9+/m0/s1. The Balaban J connectivity index is 1.97. The summed E-state index contributed by atoms with van der Waals surface area (Å²) in [6.45, 7) is -0.115. The second-order valence-electron chi connectivity index (χ2n) is 4.25. The maximum Gasteiger partial charge on any atom is 0.472 e. The van der Waals surface area contributed by atoms with Gasteiger partial charge in [0.2, 0.25) is 0 Å². The summed E-state index contributed by atoms with van der Waals surface area (Å²) in [5, 5.41) is 0. The van der Waals surface area contributed by atoms with Crippen LogP contribution in [0.3, 0.4) is 0 Å². The van der Waals surface area contributed by atoms with Gasteiger partial charge < -0.3 is 9.63 Å². The van der Waals surface area contributed by atoms with E-state index in [1.165, 1.54) is 16.8 Å². The number of aromatic nitrogens is 2. The molecule has 9 nitrogen and oxygen atoms in total.